The molecular weight excluding hydrogens is 919 g/mol. The van der Waals surface area contributed by atoms with Gasteiger partial charge in [0.05, 0.1) is 51.9 Å². The molecule has 0 bridgehead atoms. The van der Waals surface area contributed by atoms with Gasteiger partial charge in [0.1, 0.15) is 23.7 Å². The minimum absolute atomic E-state index is 0.00319. The second-order valence-corrected chi connectivity index (χ2v) is 18.9. The number of fused-ring (bicyclic) bond motifs is 1. The van der Waals surface area contributed by atoms with Crippen molar-refractivity contribution in [2.24, 2.45) is 11.8 Å². The number of hydrogen-bond donors (Lipinski definition) is 4. The Morgan fingerprint density at radius 1 is 0.750 bits per heavy atom. The molecule has 2 aliphatic heterocycles. The Labute approximate surface area is 420 Å². The molecule has 0 radical (unpaired) electrons. The average Bonchev–Trinajstić information content (AvgIpc) is 4.24. The van der Waals surface area contributed by atoms with Gasteiger partial charge in [0.25, 0.3) is 0 Å². The van der Waals surface area contributed by atoms with Crippen LogP contribution in [0.15, 0.2) is 85.2 Å². The van der Waals surface area contributed by atoms with E-state index in [4.69, 9.17) is 28.9 Å². The number of carbonyl (C=O) groups is 5. The number of amides is 5. The minimum Gasteiger partial charge on any atom is -0.493 e. The van der Waals surface area contributed by atoms with Crippen molar-refractivity contribution in [2.45, 2.75) is 97.6 Å². The summed E-state index contributed by atoms with van der Waals surface area (Å²) in [6.45, 7) is 15.1. The zero-order valence-electron chi connectivity index (χ0n) is 42.7. The SMILES string of the molecule is C=C(CC(=O)N1Cc2cc(OC)c(OC)cc2C1)CN(C(=O)[C@@H](NC(=O)OC)C(C)C)C(CC)c1nc(-c2ccc(-c3ccc(-c4c[nH]c([C@@H]5CCCN5C(=O)[C@@H](NC(=O)OC)C(C)C)n4)cc3)cc2)c[nH]1. The number of hydrogen-bond acceptors (Lipinski definition) is 11. The first-order chi connectivity index (χ1) is 34.6. The van der Waals surface area contributed by atoms with E-state index in [9.17, 15) is 24.0 Å². The molecule has 2 aliphatic rings. The Hall–Kier alpha value is -7.63. The molecule has 18 nitrogen and oxygen atoms in total. The number of aromatic nitrogens is 4. The predicted molar refractivity (Wildman–Crippen MR) is 271 cm³/mol. The fourth-order valence-corrected chi connectivity index (χ4v) is 9.47. The molecule has 5 amide bonds. The molecule has 0 saturated carbocycles. The number of ether oxygens (including phenoxy) is 4. The molecule has 2 aromatic heterocycles. The first-order valence-corrected chi connectivity index (χ1v) is 24.4. The van der Waals surface area contributed by atoms with E-state index < -0.39 is 30.3 Å². The van der Waals surface area contributed by atoms with Crippen molar-refractivity contribution >= 4 is 29.9 Å². The lowest BCUT2D eigenvalue weighted by Crippen LogP contribution is -2.52. The summed E-state index contributed by atoms with van der Waals surface area (Å²) in [5, 5.41) is 5.41. The van der Waals surface area contributed by atoms with Crippen molar-refractivity contribution in [3.63, 3.8) is 0 Å². The van der Waals surface area contributed by atoms with Crippen LogP contribution in [0.3, 0.4) is 0 Å². The van der Waals surface area contributed by atoms with E-state index in [0.29, 0.717) is 60.5 Å². The zero-order chi connectivity index (χ0) is 51.8. The number of imidazole rings is 2. The topological polar surface area (TPSA) is 213 Å². The monoisotopic (exact) mass is 986 g/mol. The molecule has 7 rings (SSSR count). The molecule has 4 atom stereocenters. The molecule has 0 spiro atoms. The summed E-state index contributed by atoms with van der Waals surface area (Å²) in [6.07, 6.45) is 4.35. The lowest BCUT2D eigenvalue weighted by atomic mass is 10.00. The molecule has 0 aliphatic carbocycles. The van der Waals surface area contributed by atoms with Gasteiger partial charge in [0.15, 0.2) is 11.5 Å². The van der Waals surface area contributed by atoms with Crippen molar-refractivity contribution < 1.29 is 42.9 Å². The van der Waals surface area contributed by atoms with Crippen LogP contribution in [0.25, 0.3) is 33.6 Å². The minimum atomic E-state index is -0.928. The van der Waals surface area contributed by atoms with Crippen molar-refractivity contribution in [1.29, 1.82) is 0 Å². The molecule has 18 heteroatoms. The molecule has 72 heavy (non-hydrogen) atoms. The smallest absolute Gasteiger partial charge is 0.407 e. The summed E-state index contributed by atoms with van der Waals surface area (Å²) >= 11 is 0. The Bertz CT molecular complexity index is 2710. The maximum atomic E-state index is 14.6. The van der Waals surface area contributed by atoms with Gasteiger partial charge < -0.3 is 54.2 Å². The summed E-state index contributed by atoms with van der Waals surface area (Å²) in [7, 11) is 5.68. The van der Waals surface area contributed by atoms with Crippen LogP contribution in [0.5, 0.6) is 11.5 Å². The lowest BCUT2D eigenvalue weighted by molar-refractivity contribution is -0.137. The Kier molecular flexibility index (Phi) is 16.7. The lowest BCUT2D eigenvalue weighted by Gasteiger charge is -2.35. The van der Waals surface area contributed by atoms with Crippen LogP contribution >= 0.6 is 0 Å². The Morgan fingerprint density at radius 3 is 1.78 bits per heavy atom. The number of methoxy groups -OCH3 is 4. The fourth-order valence-electron chi connectivity index (χ4n) is 9.47. The summed E-state index contributed by atoms with van der Waals surface area (Å²) < 4.78 is 20.6. The third kappa shape index (κ3) is 11.6. The van der Waals surface area contributed by atoms with Gasteiger partial charge >= 0.3 is 12.2 Å². The van der Waals surface area contributed by atoms with Gasteiger partial charge in [-0.1, -0.05) is 89.7 Å². The normalized spacial score (nSPS) is 15.4. The molecular formula is C54H67N9O9. The number of aromatic amines is 2. The van der Waals surface area contributed by atoms with Crippen LogP contribution in [-0.4, -0.2) is 118 Å². The number of H-pyrrole nitrogens is 2. The Morgan fingerprint density at radius 2 is 1.26 bits per heavy atom. The fraction of sp³-hybridized carbons (Fsp3) is 0.426. The van der Waals surface area contributed by atoms with E-state index in [2.05, 4.69) is 27.2 Å². The van der Waals surface area contributed by atoms with Crippen LogP contribution in [0.4, 0.5) is 9.59 Å². The summed E-state index contributed by atoms with van der Waals surface area (Å²) in [4.78, 5) is 88.3. The highest BCUT2D eigenvalue weighted by molar-refractivity contribution is 5.88. The number of rotatable bonds is 19. The highest BCUT2D eigenvalue weighted by Crippen LogP contribution is 2.37. The quantitative estimate of drug-likeness (QED) is 0.0577. The maximum Gasteiger partial charge on any atom is 0.407 e. The number of alkyl carbamates (subject to hydrolysis) is 2. The van der Waals surface area contributed by atoms with Crippen LogP contribution in [0, 0.1) is 11.8 Å². The Balaban J connectivity index is 1.04. The summed E-state index contributed by atoms with van der Waals surface area (Å²) in [6, 6.07) is 17.5. The molecule has 1 fully saturated rings. The second-order valence-electron chi connectivity index (χ2n) is 18.9. The van der Waals surface area contributed by atoms with Crippen LogP contribution in [-0.2, 0) is 36.9 Å². The third-order valence-electron chi connectivity index (χ3n) is 13.5. The largest absolute Gasteiger partial charge is 0.493 e. The molecule has 382 valence electrons. The molecule has 4 N–H and O–H groups in total. The highest BCUT2D eigenvalue weighted by Gasteiger charge is 2.38. The third-order valence-corrected chi connectivity index (χ3v) is 13.5. The van der Waals surface area contributed by atoms with Crippen molar-refractivity contribution in [2.75, 3.05) is 41.5 Å². The number of nitrogens with zero attached hydrogens (tertiary/aromatic N) is 5. The molecule has 1 unspecified atom stereocenters. The van der Waals surface area contributed by atoms with Crippen LogP contribution < -0.4 is 20.1 Å². The summed E-state index contributed by atoms with van der Waals surface area (Å²) in [5.74, 6) is 1.35. The molecule has 4 heterocycles. The number of likely N-dealkylation sites (tertiary alicyclic amines) is 1. The van der Waals surface area contributed by atoms with E-state index in [0.717, 1.165) is 51.9 Å². The first kappa shape index (κ1) is 52.2. The van der Waals surface area contributed by atoms with Gasteiger partial charge in [-0.3, -0.25) is 14.4 Å². The molecule has 3 aromatic carbocycles. The van der Waals surface area contributed by atoms with Crippen LogP contribution in [0.2, 0.25) is 0 Å². The van der Waals surface area contributed by atoms with E-state index in [1.54, 1.807) is 28.9 Å². The summed E-state index contributed by atoms with van der Waals surface area (Å²) in [5.41, 5.74) is 7.68. The van der Waals surface area contributed by atoms with Crippen molar-refractivity contribution in [1.82, 2.24) is 45.3 Å². The molecule has 5 aromatic rings. The van der Waals surface area contributed by atoms with Crippen LogP contribution in [0.1, 0.15) is 95.2 Å². The van der Waals surface area contributed by atoms with Gasteiger partial charge in [0.2, 0.25) is 17.7 Å². The average molecular weight is 986 g/mol. The number of carbonyl (C=O) groups excluding carboxylic acids is 5. The number of nitrogens with one attached hydrogen (secondary N) is 4. The maximum absolute atomic E-state index is 14.6. The van der Waals surface area contributed by atoms with Crippen molar-refractivity contribution in [3.8, 4) is 45.1 Å². The van der Waals surface area contributed by atoms with Gasteiger partial charge in [-0.2, -0.15) is 0 Å². The van der Waals surface area contributed by atoms with E-state index >= 15 is 0 Å². The number of benzene rings is 3. The van der Waals surface area contributed by atoms with Gasteiger partial charge in [-0.15, -0.1) is 0 Å². The van der Waals surface area contributed by atoms with Crippen molar-refractivity contribution in [3.05, 3.63) is 108 Å². The zero-order valence-corrected chi connectivity index (χ0v) is 42.7. The highest BCUT2D eigenvalue weighted by atomic mass is 16.5. The standard InChI is InChI=1S/C54H67N9O9/c1-11-42(63(52(66)48(32(4)5)60-54(68)72-10)28-33(6)23-46(64)61-29-38-24-44(69-7)45(70-8)25-39(38)30-61)49-55-26-40(57-49)36-18-14-34(15-19-36)35-16-20-37(21-17-35)41-27-56-50(58-41)43-13-12-22-62(43)51(65)47(31(2)3)59-53(67)71-9/h14-21,24-27,31-32,42-43,47-48H,6,11-13,22-23,28-30H2,1-5,7-10H3,(H,55,57)(H,56,58)(H,59,67)(H,60,68)/t42?,43-,47-,48-/m0/s1. The van der Waals surface area contributed by atoms with Gasteiger partial charge in [-0.05, 0) is 71.1 Å². The van der Waals surface area contributed by atoms with E-state index in [1.807, 2.05) is 108 Å². The first-order valence-electron chi connectivity index (χ1n) is 24.4. The predicted octanol–water partition coefficient (Wildman–Crippen LogP) is 8.34. The van der Waals surface area contributed by atoms with Gasteiger partial charge in [-0.25, -0.2) is 19.6 Å². The second kappa shape index (κ2) is 23.1. The van der Waals surface area contributed by atoms with E-state index in [1.165, 1.54) is 14.2 Å². The van der Waals surface area contributed by atoms with E-state index in [-0.39, 0.29) is 48.6 Å². The van der Waals surface area contributed by atoms with Gasteiger partial charge in [0, 0.05) is 56.1 Å². The molecule has 1 saturated heterocycles.